The number of hydrogen-bond donors (Lipinski definition) is 1. The lowest BCUT2D eigenvalue weighted by Gasteiger charge is -2.40. The highest BCUT2D eigenvalue weighted by Gasteiger charge is 2.31. The second-order valence-electron chi connectivity index (χ2n) is 7.95. The second kappa shape index (κ2) is 8.94. The van der Waals surface area contributed by atoms with Crippen molar-refractivity contribution in [3.8, 4) is 5.75 Å². The fourth-order valence-electron chi connectivity index (χ4n) is 4.50. The van der Waals surface area contributed by atoms with Crippen LogP contribution in [0, 0.1) is 12.7 Å². The van der Waals surface area contributed by atoms with Gasteiger partial charge in [-0.25, -0.2) is 4.39 Å². The van der Waals surface area contributed by atoms with Crippen molar-refractivity contribution in [3.63, 3.8) is 0 Å². The zero-order chi connectivity index (χ0) is 22.0. The first kappa shape index (κ1) is 21.1. The Morgan fingerprint density at radius 2 is 1.65 bits per heavy atom. The fourth-order valence-corrected chi connectivity index (χ4v) is 4.50. The summed E-state index contributed by atoms with van der Waals surface area (Å²) in [6.45, 7) is 7.30. The van der Waals surface area contributed by atoms with E-state index in [1.54, 1.807) is 22.8 Å². The summed E-state index contributed by atoms with van der Waals surface area (Å²) in [4.78, 5) is 17.9. The van der Waals surface area contributed by atoms with Crippen molar-refractivity contribution in [1.29, 1.82) is 0 Å². The van der Waals surface area contributed by atoms with Crippen LogP contribution in [0.15, 0.2) is 65.5 Å². The molecule has 31 heavy (non-hydrogen) atoms. The van der Waals surface area contributed by atoms with Crippen LogP contribution < -0.4 is 10.5 Å². The van der Waals surface area contributed by atoms with Gasteiger partial charge in [0, 0.05) is 44.1 Å². The highest BCUT2D eigenvalue weighted by Crippen LogP contribution is 2.33. The highest BCUT2D eigenvalue weighted by molar-refractivity contribution is 5.47. The maximum absolute atomic E-state index is 13.6. The minimum absolute atomic E-state index is 0.00739. The molecule has 4 rings (SSSR count). The number of aromatic hydroxyl groups is 1. The van der Waals surface area contributed by atoms with Gasteiger partial charge in [-0.15, -0.1) is 0 Å². The van der Waals surface area contributed by atoms with E-state index in [0.717, 1.165) is 37.4 Å². The number of benzene rings is 2. The van der Waals surface area contributed by atoms with Crippen LogP contribution in [0.5, 0.6) is 5.75 Å². The average molecular weight is 422 g/mol. The van der Waals surface area contributed by atoms with Crippen molar-refractivity contribution in [2.75, 3.05) is 31.1 Å². The number of aromatic nitrogens is 1. The number of aryl methyl sites for hydroxylation is 1. The molecule has 0 spiro atoms. The first-order valence-corrected chi connectivity index (χ1v) is 10.7. The van der Waals surface area contributed by atoms with Gasteiger partial charge in [0.1, 0.15) is 11.6 Å². The van der Waals surface area contributed by atoms with E-state index in [1.807, 2.05) is 32.0 Å². The summed E-state index contributed by atoms with van der Waals surface area (Å²) >= 11 is 0. The van der Waals surface area contributed by atoms with E-state index in [2.05, 4.69) is 21.9 Å². The van der Waals surface area contributed by atoms with E-state index in [0.29, 0.717) is 12.1 Å². The molecule has 0 radical (unpaired) electrons. The Hall–Kier alpha value is -3.12. The van der Waals surface area contributed by atoms with Crippen LogP contribution in [0.1, 0.15) is 29.8 Å². The summed E-state index contributed by atoms with van der Waals surface area (Å²) < 4.78 is 15.3. The Morgan fingerprint density at radius 3 is 2.26 bits per heavy atom. The molecule has 5 nitrogen and oxygen atoms in total. The zero-order valence-corrected chi connectivity index (χ0v) is 18.0. The molecule has 2 aromatic carbocycles. The Balaban J connectivity index is 1.72. The van der Waals surface area contributed by atoms with Crippen LogP contribution in [-0.4, -0.2) is 40.8 Å². The van der Waals surface area contributed by atoms with Gasteiger partial charge in [0.05, 0.1) is 11.6 Å². The summed E-state index contributed by atoms with van der Waals surface area (Å²) in [7, 11) is 0. The lowest BCUT2D eigenvalue weighted by Crippen LogP contribution is -2.49. The number of pyridine rings is 1. The maximum Gasteiger partial charge on any atom is 0.259 e. The average Bonchev–Trinajstić information content (AvgIpc) is 2.78. The summed E-state index contributed by atoms with van der Waals surface area (Å²) in [5.74, 6) is -0.331. The third kappa shape index (κ3) is 4.21. The molecule has 1 N–H and O–H groups in total. The molecule has 162 valence electrons. The lowest BCUT2D eigenvalue weighted by molar-refractivity contribution is 0.207. The van der Waals surface area contributed by atoms with Crippen molar-refractivity contribution in [2.45, 2.75) is 26.4 Å². The van der Waals surface area contributed by atoms with E-state index < -0.39 is 6.04 Å². The molecule has 0 unspecified atom stereocenters. The van der Waals surface area contributed by atoms with Crippen LogP contribution in [0.2, 0.25) is 0 Å². The van der Waals surface area contributed by atoms with E-state index >= 15 is 0 Å². The summed E-state index contributed by atoms with van der Waals surface area (Å²) in [5, 5.41) is 10.8. The van der Waals surface area contributed by atoms with Gasteiger partial charge in [-0.2, -0.15) is 0 Å². The smallest absolute Gasteiger partial charge is 0.259 e. The molecular formula is C25H28FN3O2. The van der Waals surface area contributed by atoms with E-state index in [9.17, 15) is 14.3 Å². The second-order valence-corrected chi connectivity index (χ2v) is 7.95. The molecule has 2 heterocycles. The predicted molar refractivity (Wildman–Crippen MR) is 121 cm³/mol. The molecule has 0 aliphatic carbocycles. The Kier molecular flexibility index (Phi) is 6.09. The molecule has 3 aromatic rings. The molecule has 6 heteroatoms. The van der Waals surface area contributed by atoms with Gasteiger partial charge in [0.2, 0.25) is 0 Å². The number of anilines is 1. The van der Waals surface area contributed by atoms with E-state index in [4.69, 9.17) is 0 Å². The number of rotatable bonds is 5. The number of nitrogens with zero attached hydrogens (tertiary/aromatic N) is 3. The molecule has 1 aliphatic heterocycles. The van der Waals surface area contributed by atoms with Gasteiger partial charge < -0.3 is 14.6 Å². The normalized spacial score (nSPS) is 15.8. The van der Waals surface area contributed by atoms with Gasteiger partial charge in [-0.1, -0.05) is 30.3 Å². The standard InChI is InChI=1S/C25H28FN3O2/c1-3-29-18(2)17-22(30)23(25(29)31)24(19-9-11-20(26)12-10-19)28-15-13-27(14-16-28)21-7-5-4-6-8-21/h4-12,17,24,30H,3,13-16H2,1-2H3/t24-/m0/s1. The summed E-state index contributed by atoms with van der Waals surface area (Å²) in [6, 6.07) is 17.7. The summed E-state index contributed by atoms with van der Waals surface area (Å²) in [5.41, 5.74) is 2.85. The molecule has 1 atom stereocenters. The molecule has 0 saturated carbocycles. The lowest BCUT2D eigenvalue weighted by atomic mass is 9.96. The monoisotopic (exact) mass is 421 g/mol. The van der Waals surface area contributed by atoms with Crippen molar-refractivity contribution >= 4 is 5.69 Å². The van der Waals surface area contributed by atoms with Crippen LogP contribution in [-0.2, 0) is 6.54 Å². The van der Waals surface area contributed by atoms with E-state index in [-0.39, 0.29) is 17.1 Å². The zero-order valence-electron chi connectivity index (χ0n) is 18.0. The predicted octanol–water partition coefficient (Wildman–Crippen LogP) is 3.93. The Morgan fingerprint density at radius 1 is 1.00 bits per heavy atom. The van der Waals surface area contributed by atoms with Crippen LogP contribution >= 0.6 is 0 Å². The quantitative estimate of drug-likeness (QED) is 0.678. The van der Waals surface area contributed by atoms with Crippen molar-refractivity contribution in [2.24, 2.45) is 0 Å². The van der Waals surface area contributed by atoms with Gasteiger partial charge in [0.15, 0.2) is 0 Å². The Labute approximate surface area is 182 Å². The first-order chi connectivity index (χ1) is 15.0. The summed E-state index contributed by atoms with van der Waals surface area (Å²) in [6.07, 6.45) is 0. The minimum atomic E-state index is -0.440. The van der Waals surface area contributed by atoms with Crippen LogP contribution in [0.4, 0.5) is 10.1 Å². The molecule has 1 fully saturated rings. The number of para-hydroxylation sites is 1. The number of hydrogen-bond acceptors (Lipinski definition) is 4. The van der Waals surface area contributed by atoms with Gasteiger partial charge in [0.25, 0.3) is 5.56 Å². The number of halogens is 1. The topological polar surface area (TPSA) is 48.7 Å². The first-order valence-electron chi connectivity index (χ1n) is 10.7. The molecule has 1 aromatic heterocycles. The van der Waals surface area contributed by atoms with Crippen molar-refractivity contribution in [3.05, 3.63) is 93.7 Å². The van der Waals surface area contributed by atoms with Gasteiger partial charge in [-0.3, -0.25) is 9.69 Å². The SMILES string of the molecule is CCn1c(C)cc(O)c([C@H](c2ccc(F)cc2)N2CCN(c3ccccc3)CC2)c1=O. The Bertz CT molecular complexity index is 1090. The molecular weight excluding hydrogens is 393 g/mol. The van der Waals surface area contributed by atoms with Crippen molar-refractivity contribution < 1.29 is 9.50 Å². The van der Waals surface area contributed by atoms with E-state index in [1.165, 1.54) is 17.8 Å². The van der Waals surface area contributed by atoms with Crippen molar-refractivity contribution in [1.82, 2.24) is 9.47 Å². The fraction of sp³-hybridized carbons (Fsp3) is 0.320. The van der Waals surface area contributed by atoms with Gasteiger partial charge >= 0.3 is 0 Å². The number of piperazine rings is 1. The molecule has 1 aliphatic rings. The maximum atomic E-state index is 13.6. The third-order valence-electron chi connectivity index (χ3n) is 6.10. The van der Waals surface area contributed by atoms with Crippen LogP contribution in [0.25, 0.3) is 0 Å². The minimum Gasteiger partial charge on any atom is -0.507 e. The molecule has 1 saturated heterocycles. The van der Waals surface area contributed by atoms with Gasteiger partial charge in [-0.05, 0) is 49.7 Å². The third-order valence-corrected chi connectivity index (χ3v) is 6.10. The van der Waals surface area contributed by atoms with Crippen LogP contribution in [0.3, 0.4) is 0 Å². The molecule has 0 amide bonds. The highest BCUT2D eigenvalue weighted by atomic mass is 19.1. The molecule has 0 bridgehead atoms. The largest absolute Gasteiger partial charge is 0.507 e.